The molecule has 0 bridgehead atoms. The van der Waals surface area contributed by atoms with Gasteiger partial charge in [-0.2, -0.15) is 0 Å². The lowest BCUT2D eigenvalue weighted by Gasteiger charge is -2.30. The normalized spacial score (nSPS) is 51.9. The minimum absolute atomic E-state index is 0.163. The van der Waals surface area contributed by atoms with Crippen molar-refractivity contribution in [1.29, 1.82) is 0 Å². The quantitative estimate of drug-likeness (QED) is 0.454. The second-order valence-electron chi connectivity index (χ2n) is 4.26. The average molecular weight is 236 g/mol. The highest BCUT2D eigenvalue weighted by atomic mass is 31.1. The summed E-state index contributed by atoms with van der Waals surface area (Å²) in [6.07, 6.45) is -0.455. The van der Waals surface area contributed by atoms with Crippen LogP contribution in [0.5, 0.6) is 0 Å². The molecule has 0 radical (unpaired) electrons. The number of rotatable bonds is 0. The molecule has 15 heavy (non-hydrogen) atoms. The van der Waals surface area contributed by atoms with Crippen LogP contribution in [0.3, 0.4) is 0 Å². The van der Waals surface area contributed by atoms with Crippen LogP contribution in [0.1, 0.15) is 13.3 Å². The molecule has 0 aromatic carbocycles. The standard InChI is InChI=1S/C8H15BFO4P/c1-5-6(10)7(9)14-8(5)2-3-12-15(11)13-4-8/h5-7,15H,2-4,9H2,1H3/t5?,6-,7+,8+/m0/s1. The zero-order valence-corrected chi connectivity index (χ0v) is 9.86. The highest BCUT2D eigenvalue weighted by Gasteiger charge is 2.52. The second-order valence-corrected chi connectivity index (χ2v) is 5.34. The Balaban J connectivity index is 2.15. The Morgan fingerprint density at radius 2 is 2.27 bits per heavy atom. The molecule has 0 aromatic heterocycles. The molecule has 2 aliphatic heterocycles. The summed E-state index contributed by atoms with van der Waals surface area (Å²) < 4.78 is 40.4. The van der Waals surface area contributed by atoms with Crippen LogP contribution >= 0.6 is 8.25 Å². The van der Waals surface area contributed by atoms with Gasteiger partial charge >= 0.3 is 8.25 Å². The van der Waals surface area contributed by atoms with Gasteiger partial charge in [-0.15, -0.1) is 0 Å². The molecular formula is C8H15BFO4P. The highest BCUT2D eigenvalue weighted by Crippen LogP contribution is 2.44. The molecule has 2 fully saturated rings. The van der Waals surface area contributed by atoms with Gasteiger partial charge in [-0.1, -0.05) is 6.92 Å². The smallest absolute Gasteiger partial charge is 0.319 e. The van der Waals surface area contributed by atoms with Crippen LogP contribution in [0.2, 0.25) is 0 Å². The Bertz CT molecular complexity index is 279. The van der Waals surface area contributed by atoms with E-state index in [1.54, 1.807) is 14.8 Å². The first-order chi connectivity index (χ1) is 7.05. The van der Waals surface area contributed by atoms with Crippen molar-refractivity contribution < 1.29 is 22.7 Å². The lowest BCUT2D eigenvalue weighted by Crippen LogP contribution is -2.40. The van der Waals surface area contributed by atoms with Crippen LogP contribution in [-0.4, -0.2) is 38.8 Å². The Labute approximate surface area is 89.8 Å². The van der Waals surface area contributed by atoms with Crippen molar-refractivity contribution in [2.45, 2.75) is 31.1 Å². The molecule has 0 aromatic rings. The van der Waals surface area contributed by atoms with E-state index in [1.165, 1.54) is 0 Å². The van der Waals surface area contributed by atoms with E-state index in [0.29, 0.717) is 13.0 Å². The molecule has 0 amide bonds. The van der Waals surface area contributed by atoms with E-state index in [1.807, 2.05) is 0 Å². The maximum atomic E-state index is 13.7. The van der Waals surface area contributed by atoms with Crippen molar-refractivity contribution in [1.82, 2.24) is 0 Å². The average Bonchev–Trinajstić information content (AvgIpc) is 2.39. The van der Waals surface area contributed by atoms with Gasteiger partial charge in [0, 0.05) is 12.3 Å². The van der Waals surface area contributed by atoms with Gasteiger partial charge in [-0.25, -0.2) is 4.39 Å². The van der Waals surface area contributed by atoms with E-state index in [2.05, 4.69) is 0 Å². The zero-order chi connectivity index (χ0) is 11.1. The fourth-order valence-corrected chi connectivity index (χ4v) is 3.01. The molecule has 5 atom stereocenters. The van der Waals surface area contributed by atoms with Crippen molar-refractivity contribution in [2.24, 2.45) is 5.92 Å². The molecule has 2 rings (SSSR count). The van der Waals surface area contributed by atoms with Gasteiger partial charge in [0.05, 0.1) is 24.8 Å². The Hall–Kier alpha value is 0.105. The molecule has 0 N–H and O–H groups in total. The topological polar surface area (TPSA) is 44.8 Å². The van der Waals surface area contributed by atoms with Crippen molar-refractivity contribution in [3.63, 3.8) is 0 Å². The highest BCUT2D eigenvalue weighted by molar-refractivity contribution is 7.33. The third kappa shape index (κ3) is 2.01. The lowest BCUT2D eigenvalue weighted by molar-refractivity contribution is -0.0623. The van der Waals surface area contributed by atoms with Crippen molar-refractivity contribution in [3.8, 4) is 0 Å². The van der Waals surface area contributed by atoms with E-state index in [0.717, 1.165) is 0 Å². The molecule has 0 saturated carbocycles. The Kier molecular flexibility index (Phi) is 3.22. The van der Waals surface area contributed by atoms with Gasteiger partial charge in [-0.3, -0.25) is 4.57 Å². The SMILES string of the molecule is B[C@@H]1O[C@@]2(CCO[PH](=O)OC2)C(C)[C@@H]1F. The minimum atomic E-state index is -2.40. The van der Waals surface area contributed by atoms with Gasteiger partial charge in [0.15, 0.2) is 0 Å². The van der Waals surface area contributed by atoms with Gasteiger partial charge in [0.1, 0.15) is 14.0 Å². The number of hydrogen-bond donors (Lipinski definition) is 0. The fourth-order valence-electron chi connectivity index (χ4n) is 2.29. The largest absolute Gasteiger partial charge is 0.375 e. The third-order valence-corrected chi connectivity index (χ3v) is 4.18. The number of ether oxygens (including phenoxy) is 1. The maximum absolute atomic E-state index is 13.7. The summed E-state index contributed by atoms with van der Waals surface area (Å²) in [4.78, 5) is 0. The first-order valence-electron chi connectivity index (χ1n) is 5.16. The summed E-state index contributed by atoms with van der Waals surface area (Å²) in [5.41, 5.74) is -0.657. The van der Waals surface area contributed by atoms with Gasteiger partial charge in [0.25, 0.3) is 0 Å². The molecular weight excluding hydrogens is 221 g/mol. The van der Waals surface area contributed by atoms with Gasteiger partial charge < -0.3 is 13.8 Å². The summed E-state index contributed by atoms with van der Waals surface area (Å²) in [7, 11) is -0.688. The summed E-state index contributed by atoms with van der Waals surface area (Å²) >= 11 is 0. The minimum Gasteiger partial charge on any atom is -0.375 e. The number of hydrogen-bond acceptors (Lipinski definition) is 4. The van der Waals surface area contributed by atoms with Crippen LogP contribution < -0.4 is 0 Å². The van der Waals surface area contributed by atoms with Crippen molar-refractivity contribution in [3.05, 3.63) is 0 Å². The van der Waals surface area contributed by atoms with Crippen LogP contribution in [0.15, 0.2) is 0 Å². The molecule has 0 aliphatic carbocycles. The molecule has 4 nitrogen and oxygen atoms in total. The summed E-state index contributed by atoms with van der Waals surface area (Å²) in [5, 5.41) is 0. The lowest BCUT2D eigenvalue weighted by atomic mass is 9.82. The summed E-state index contributed by atoms with van der Waals surface area (Å²) in [6, 6.07) is -0.427. The number of alkyl halides is 1. The molecule has 1 spiro atoms. The first-order valence-corrected chi connectivity index (χ1v) is 6.39. The van der Waals surface area contributed by atoms with Crippen LogP contribution in [0.4, 0.5) is 4.39 Å². The molecule has 2 saturated heterocycles. The summed E-state index contributed by atoms with van der Waals surface area (Å²) in [6.45, 7) is 2.28. The second kappa shape index (κ2) is 4.17. The molecule has 2 heterocycles. The van der Waals surface area contributed by atoms with Crippen molar-refractivity contribution >= 4 is 16.1 Å². The zero-order valence-electron chi connectivity index (χ0n) is 8.86. The van der Waals surface area contributed by atoms with E-state index >= 15 is 0 Å². The monoisotopic (exact) mass is 236 g/mol. The molecule has 7 heteroatoms. The van der Waals surface area contributed by atoms with Gasteiger partial charge in [0.2, 0.25) is 0 Å². The Morgan fingerprint density at radius 3 is 2.87 bits per heavy atom. The summed E-state index contributed by atoms with van der Waals surface area (Å²) in [5.74, 6) is -0.246. The van der Waals surface area contributed by atoms with E-state index in [4.69, 9.17) is 13.8 Å². The van der Waals surface area contributed by atoms with E-state index in [-0.39, 0.29) is 12.5 Å². The predicted octanol–water partition coefficient (Wildman–Crippen LogP) is 0.515. The van der Waals surface area contributed by atoms with E-state index in [9.17, 15) is 8.96 Å². The third-order valence-electron chi connectivity index (χ3n) is 3.36. The van der Waals surface area contributed by atoms with Crippen molar-refractivity contribution in [2.75, 3.05) is 13.2 Å². The number of halogens is 1. The Morgan fingerprint density at radius 1 is 1.53 bits per heavy atom. The fraction of sp³-hybridized carbons (Fsp3) is 1.00. The van der Waals surface area contributed by atoms with Crippen LogP contribution in [-0.2, 0) is 18.3 Å². The molecule has 2 unspecified atom stereocenters. The van der Waals surface area contributed by atoms with Crippen LogP contribution in [0, 0.1) is 5.92 Å². The molecule has 86 valence electrons. The van der Waals surface area contributed by atoms with E-state index < -0.39 is 26.0 Å². The van der Waals surface area contributed by atoms with Gasteiger partial charge in [-0.05, 0) is 0 Å². The molecule has 2 aliphatic rings. The predicted molar refractivity (Wildman–Crippen MR) is 55.7 cm³/mol. The maximum Gasteiger partial charge on any atom is 0.319 e. The van der Waals surface area contributed by atoms with Crippen LogP contribution in [0.25, 0.3) is 0 Å². The first kappa shape index (κ1) is 11.6.